The smallest absolute Gasteiger partial charge is 0.220 e. The average molecular weight is 406 g/mol. The molecule has 1 amide bonds. The minimum Gasteiger partial charge on any atom is -0.355 e. The third-order valence-corrected chi connectivity index (χ3v) is 5.01. The van der Waals surface area contributed by atoms with Crippen molar-refractivity contribution in [3.8, 4) is 0 Å². The van der Waals surface area contributed by atoms with Crippen LogP contribution in [-0.4, -0.2) is 74.1 Å². The lowest BCUT2D eigenvalue weighted by Gasteiger charge is -2.37. The molecular formula is C16H35Cl3N4O. The fourth-order valence-corrected chi connectivity index (χ4v) is 3.30. The van der Waals surface area contributed by atoms with E-state index in [2.05, 4.69) is 34.3 Å². The van der Waals surface area contributed by atoms with Gasteiger partial charge < -0.3 is 15.5 Å². The molecule has 0 aromatic heterocycles. The number of nitrogens with zero attached hydrogens (tertiary/aromatic N) is 2. The highest BCUT2D eigenvalue weighted by atomic mass is 35.5. The summed E-state index contributed by atoms with van der Waals surface area (Å²) in [6.07, 6.45) is 2.94. The van der Waals surface area contributed by atoms with Crippen LogP contribution >= 0.6 is 37.2 Å². The Morgan fingerprint density at radius 2 is 1.88 bits per heavy atom. The molecule has 24 heavy (non-hydrogen) atoms. The van der Waals surface area contributed by atoms with Crippen molar-refractivity contribution in [2.24, 2.45) is 5.92 Å². The van der Waals surface area contributed by atoms with Gasteiger partial charge in [0.1, 0.15) is 0 Å². The Bertz CT molecular complexity index is 322. The molecule has 0 radical (unpaired) electrons. The Hall–Kier alpha value is 0.220. The Balaban J connectivity index is 0. The molecule has 2 heterocycles. The monoisotopic (exact) mass is 404 g/mol. The Kier molecular flexibility index (Phi) is 15.9. The van der Waals surface area contributed by atoms with E-state index in [1.54, 1.807) is 0 Å². The van der Waals surface area contributed by atoms with Gasteiger partial charge in [0.05, 0.1) is 0 Å². The molecule has 2 rings (SSSR count). The molecule has 2 unspecified atom stereocenters. The largest absolute Gasteiger partial charge is 0.355 e. The summed E-state index contributed by atoms with van der Waals surface area (Å²) in [5, 5.41) is 6.47. The zero-order valence-corrected chi connectivity index (χ0v) is 17.4. The second-order valence-electron chi connectivity index (χ2n) is 6.52. The summed E-state index contributed by atoms with van der Waals surface area (Å²) < 4.78 is 0. The van der Waals surface area contributed by atoms with E-state index in [9.17, 15) is 4.79 Å². The molecule has 2 fully saturated rings. The molecule has 0 spiro atoms. The van der Waals surface area contributed by atoms with Crippen LogP contribution in [0.25, 0.3) is 0 Å². The number of piperazine rings is 1. The second kappa shape index (κ2) is 14.4. The van der Waals surface area contributed by atoms with E-state index in [0.717, 1.165) is 58.8 Å². The molecule has 8 heteroatoms. The summed E-state index contributed by atoms with van der Waals surface area (Å²) in [6, 6.07) is 0.445. The third-order valence-electron chi connectivity index (χ3n) is 5.01. The molecule has 2 N–H and O–H groups in total. The summed E-state index contributed by atoms with van der Waals surface area (Å²) in [5.74, 6) is 0.927. The lowest BCUT2D eigenvalue weighted by Crippen LogP contribution is -2.52. The fraction of sp³-hybridized carbons (Fsp3) is 0.938. The van der Waals surface area contributed by atoms with Gasteiger partial charge in [-0.1, -0.05) is 6.92 Å². The number of carbonyl (C=O) groups is 1. The van der Waals surface area contributed by atoms with E-state index in [1.807, 2.05) is 0 Å². The first-order valence-corrected chi connectivity index (χ1v) is 8.63. The fourth-order valence-electron chi connectivity index (χ4n) is 3.30. The number of halogens is 3. The van der Waals surface area contributed by atoms with Crippen LogP contribution in [0, 0.1) is 5.92 Å². The molecular weight excluding hydrogens is 371 g/mol. The molecule has 146 valence electrons. The normalized spacial score (nSPS) is 22.7. The molecule has 0 aromatic rings. The first-order valence-electron chi connectivity index (χ1n) is 8.63. The predicted octanol–water partition coefficient (Wildman–Crippen LogP) is 1.78. The second-order valence-corrected chi connectivity index (χ2v) is 6.52. The molecule has 2 aliphatic rings. The van der Waals surface area contributed by atoms with Crippen LogP contribution in [0.2, 0.25) is 0 Å². The number of hydrogen-bond donors (Lipinski definition) is 2. The molecule has 0 aliphatic carbocycles. The van der Waals surface area contributed by atoms with E-state index in [1.165, 1.54) is 6.42 Å². The van der Waals surface area contributed by atoms with Gasteiger partial charge in [-0.3, -0.25) is 9.69 Å². The third kappa shape index (κ3) is 9.07. The SMILES string of the molecule is CCN1CCN(C(C)CNC(=O)CCC2CCNC2)CC1.Cl.Cl.Cl. The quantitative estimate of drug-likeness (QED) is 0.678. The van der Waals surface area contributed by atoms with Gasteiger partial charge in [-0.2, -0.15) is 0 Å². The lowest BCUT2D eigenvalue weighted by molar-refractivity contribution is -0.121. The van der Waals surface area contributed by atoms with Gasteiger partial charge in [0.25, 0.3) is 0 Å². The number of nitrogens with one attached hydrogen (secondary N) is 2. The summed E-state index contributed by atoms with van der Waals surface area (Å²) in [5.41, 5.74) is 0. The maximum atomic E-state index is 11.9. The predicted molar refractivity (Wildman–Crippen MR) is 108 cm³/mol. The van der Waals surface area contributed by atoms with Crippen molar-refractivity contribution in [2.45, 2.75) is 39.2 Å². The van der Waals surface area contributed by atoms with Crippen LogP contribution < -0.4 is 10.6 Å². The Morgan fingerprint density at radius 1 is 1.21 bits per heavy atom. The Labute approximate surface area is 165 Å². The van der Waals surface area contributed by atoms with E-state index >= 15 is 0 Å². The van der Waals surface area contributed by atoms with Crippen molar-refractivity contribution in [3.63, 3.8) is 0 Å². The maximum absolute atomic E-state index is 11.9. The minimum atomic E-state index is 0. The van der Waals surface area contributed by atoms with E-state index in [-0.39, 0.29) is 43.1 Å². The topological polar surface area (TPSA) is 47.6 Å². The van der Waals surface area contributed by atoms with Crippen LogP contribution in [0.15, 0.2) is 0 Å². The molecule has 0 bridgehead atoms. The minimum absolute atomic E-state index is 0. The van der Waals surface area contributed by atoms with Crippen LogP contribution in [0.5, 0.6) is 0 Å². The van der Waals surface area contributed by atoms with Crippen molar-refractivity contribution in [1.82, 2.24) is 20.4 Å². The highest BCUT2D eigenvalue weighted by molar-refractivity contribution is 5.86. The molecule has 2 atom stereocenters. The van der Waals surface area contributed by atoms with Gasteiger partial charge in [-0.15, -0.1) is 37.2 Å². The van der Waals surface area contributed by atoms with E-state index < -0.39 is 0 Å². The molecule has 2 saturated heterocycles. The number of amides is 1. The van der Waals surface area contributed by atoms with Crippen LogP contribution in [-0.2, 0) is 4.79 Å². The van der Waals surface area contributed by atoms with Gasteiger partial charge >= 0.3 is 0 Å². The number of hydrogen-bond acceptors (Lipinski definition) is 4. The van der Waals surface area contributed by atoms with Gasteiger partial charge in [0, 0.05) is 45.2 Å². The molecule has 2 aliphatic heterocycles. The average Bonchev–Trinajstić information content (AvgIpc) is 3.04. The van der Waals surface area contributed by atoms with Gasteiger partial charge in [0.2, 0.25) is 5.91 Å². The summed E-state index contributed by atoms with van der Waals surface area (Å²) in [6.45, 7) is 13.1. The van der Waals surface area contributed by atoms with Gasteiger partial charge in [-0.25, -0.2) is 0 Å². The van der Waals surface area contributed by atoms with E-state index in [0.29, 0.717) is 18.4 Å². The first kappa shape index (κ1) is 26.4. The number of rotatable bonds is 7. The lowest BCUT2D eigenvalue weighted by atomic mass is 10.0. The Morgan fingerprint density at radius 3 is 2.42 bits per heavy atom. The summed E-state index contributed by atoms with van der Waals surface area (Å²) in [4.78, 5) is 16.9. The highest BCUT2D eigenvalue weighted by Crippen LogP contribution is 2.14. The van der Waals surface area contributed by atoms with Crippen molar-refractivity contribution in [1.29, 1.82) is 0 Å². The van der Waals surface area contributed by atoms with Crippen LogP contribution in [0.1, 0.15) is 33.1 Å². The summed E-state index contributed by atoms with van der Waals surface area (Å²) >= 11 is 0. The number of carbonyl (C=O) groups excluding carboxylic acids is 1. The highest BCUT2D eigenvalue weighted by Gasteiger charge is 2.21. The molecule has 5 nitrogen and oxygen atoms in total. The maximum Gasteiger partial charge on any atom is 0.220 e. The van der Waals surface area contributed by atoms with Crippen molar-refractivity contribution >= 4 is 43.1 Å². The van der Waals surface area contributed by atoms with Crippen molar-refractivity contribution in [2.75, 3.05) is 52.4 Å². The van der Waals surface area contributed by atoms with Crippen molar-refractivity contribution < 1.29 is 4.79 Å². The van der Waals surface area contributed by atoms with Gasteiger partial charge in [-0.05, 0) is 45.3 Å². The van der Waals surface area contributed by atoms with Crippen LogP contribution in [0.4, 0.5) is 0 Å². The number of likely N-dealkylation sites (N-methyl/N-ethyl adjacent to an activating group) is 1. The van der Waals surface area contributed by atoms with Crippen LogP contribution in [0.3, 0.4) is 0 Å². The molecule has 0 saturated carbocycles. The molecule has 0 aromatic carbocycles. The zero-order valence-electron chi connectivity index (χ0n) is 15.0. The van der Waals surface area contributed by atoms with Gasteiger partial charge in [0.15, 0.2) is 0 Å². The standard InChI is InChI=1S/C16H32N4O.3ClH/c1-3-19-8-10-20(11-9-19)14(2)12-18-16(21)5-4-15-6-7-17-13-15;;;/h14-15,17H,3-13H2,1-2H3,(H,18,21);3*1H. The summed E-state index contributed by atoms with van der Waals surface area (Å²) in [7, 11) is 0. The first-order chi connectivity index (χ1) is 10.2. The zero-order chi connectivity index (χ0) is 15.1. The van der Waals surface area contributed by atoms with E-state index in [4.69, 9.17) is 0 Å². The van der Waals surface area contributed by atoms with Crippen molar-refractivity contribution in [3.05, 3.63) is 0 Å².